The number of aryl methyl sites for hydroxylation is 1. The average molecular weight is 300 g/mol. The minimum absolute atomic E-state index is 0.496. The fourth-order valence-corrected chi connectivity index (χ4v) is 4.04. The Morgan fingerprint density at radius 2 is 1.55 bits per heavy atom. The van der Waals surface area contributed by atoms with Gasteiger partial charge in [-0.3, -0.25) is 0 Å². The van der Waals surface area contributed by atoms with Crippen molar-refractivity contribution in [2.24, 2.45) is 11.8 Å². The number of hydrogen-bond donors (Lipinski definition) is 0. The van der Waals surface area contributed by atoms with Crippen LogP contribution in [0.3, 0.4) is 0 Å². The zero-order valence-electron chi connectivity index (χ0n) is 14.4. The molecule has 1 aromatic carbocycles. The van der Waals surface area contributed by atoms with E-state index in [-0.39, 0.29) is 0 Å². The van der Waals surface area contributed by atoms with Crippen molar-refractivity contribution in [3.05, 3.63) is 35.4 Å². The first-order chi connectivity index (χ1) is 10.7. The summed E-state index contributed by atoms with van der Waals surface area (Å²) in [6.07, 6.45) is 11.0. The lowest BCUT2D eigenvalue weighted by atomic mass is 9.79. The lowest BCUT2D eigenvalue weighted by Gasteiger charge is -2.27. The number of ether oxygens (including phenoxy) is 1. The van der Waals surface area contributed by atoms with E-state index in [1.807, 2.05) is 0 Å². The van der Waals surface area contributed by atoms with Gasteiger partial charge in [-0.15, -0.1) is 0 Å². The summed E-state index contributed by atoms with van der Waals surface area (Å²) >= 11 is 0. The van der Waals surface area contributed by atoms with Gasteiger partial charge in [-0.1, -0.05) is 51.0 Å². The van der Waals surface area contributed by atoms with Crippen LogP contribution in [-0.2, 0) is 11.2 Å². The first-order valence-corrected chi connectivity index (χ1v) is 9.41. The maximum atomic E-state index is 5.94. The second kappa shape index (κ2) is 7.64. The molecule has 1 saturated carbocycles. The van der Waals surface area contributed by atoms with Crippen LogP contribution in [0, 0.1) is 11.8 Å². The summed E-state index contributed by atoms with van der Waals surface area (Å²) in [7, 11) is 0. The lowest BCUT2D eigenvalue weighted by Crippen LogP contribution is -2.24. The van der Waals surface area contributed by atoms with Gasteiger partial charge in [-0.2, -0.15) is 0 Å². The molecule has 2 unspecified atom stereocenters. The van der Waals surface area contributed by atoms with E-state index in [0.29, 0.717) is 6.10 Å². The van der Waals surface area contributed by atoms with Crippen molar-refractivity contribution in [1.29, 1.82) is 0 Å². The molecule has 1 aromatic rings. The van der Waals surface area contributed by atoms with Gasteiger partial charge < -0.3 is 4.74 Å². The van der Waals surface area contributed by atoms with Crippen LogP contribution in [0.15, 0.2) is 24.3 Å². The van der Waals surface area contributed by atoms with E-state index in [1.54, 1.807) is 5.56 Å². The predicted octanol–water partition coefficient (Wildman–Crippen LogP) is 5.73. The van der Waals surface area contributed by atoms with E-state index in [9.17, 15) is 0 Å². The molecular formula is C21H32O. The van der Waals surface area contributed by atoms with Gasteiger partial charge in [0.25, 0.3) is 0 Å². The summed E-state index contributed by atoms with van der Waals surface area (Å²) in [5.41, 5.74) is 3.05. The molecule has 0 N–H and O–H groups in total. The van der Waals surface area contributed by atoms with Crippen molar-refractivity contribution in [2.75, 3.05) is 6.61 Å². The number of benzene rings is 1. The Hall–Kier alpha value is -0.820. The van der Waals surface area contributed by atoms with Gasteiger partial charge in [0.15, 0.2) is 0 Å². The first kappa shape index (κ1) is 16.1. The van der Waals surface area contributed by atoms with E-state index in [0.717, 1.165) is 24.4 Å². The van der Waals surface area contributed by atoms with E-state index in [4.69, 9.17) is 4.74 Å². The summed E-state index contributed by atoms with van der Waals surface area (Å²) in [5, 5.41) is 0. The van der Waals surface area contributed by atoms with Crippen molar-refractivity contribution in [3.63, 3.8) is 0 Å². The number of rotatable bonds is 4. The van der Waals surface area contributed by atoms with Crippen LogP contribution < -0.4 is 0 Å². The molecule has 0 amide bonds. The Kier molecular flexibility index (Phi) is 5.57. The third-order valence-corrected chi connectivity index (χ3v) is 5.82. The smallest absolute Gasteiger partial charge is 0.0578 e. The van der Waals surface area contributed by atoms with Gasteiger partial charge >= 0.3 is 0 Å². The highest BCUT2D eigenvalue weighted by atomic mass is 16.5. The van der Waals surface area contributed by atoms with Crippen molar-refractivity contribution in [1.82, 2.24) is 0 Å². The third kappa shape index (κ3) is 4.35. The average Bonchev–Trinajstić information content (AvgIpc) is 2.56. The van der Waals surface area contributed by atoms with Gasteiger partial charge in [0.2, 0.25) is 0 Å². The third-order valence-electron chi connectivity index (χ3n) is 5.82. The van der Waals surface area contributed by atoms with Crippen LogP contribution in [-0.4, -0.2) is 12.7 Å². The standard InChI is InChI=1S/C21H32O/c1-16-3-9-19(10-4-16)20-11-6-18(7-12-20)8-14-21-13-5-17(2)15-22-21/h6-7,11-12,16-17,19,21H,3-5,8-10,13-15H2,1-2H3. The normalized spacial score (nSPS) is 32.8. The highest BCUT2D eigenvalue weighted by Gasteiger charge is 2.20. The molecule has 2 atom stereocenters. The van der Waals surface area contributed by atoms with Crippen LogP contribution in [0.25, 0.3) is 0 Å². The van der Waals surface area contributed by atoms with Crippen molar-refractivity contribution in [2.45, 2.75) is 77.2 Å². The van der Waals surface area contributed by atoms with Gasteiger partial charge in [0.1, 0.15) is 0 Å². The molecule has 1 aliphatic heterocycles. The molecule has 3 rings (SSSR count). The van der Waals surface area contributed by atoms with Gasteiger partial charge in [0, 0.05) is 6.61 Å². The molecule has 22 heavy (non-hydrogen) atoms. The van der Waals surface area contributed by atoms with E-state index < -0.39 is 0 Å². The van der Waals surface area contributed by atoms with Crippen LogP contribution in [0.5, 0.6) is 0 Å². The van der Waals surface area contributed by atoms with Gasteiger partial charge in [-0.25, -0.2) is 0 Å². The highest BCUT2D eigenvalue weighted by Crippen LogP contribution is 2.35. The van der Waals surface area contributed by atoms with E-state index in [2.05, 4.69) is 38.1 Å². The van der Waals surface area contributed by atoms with Crippen LogP contribution in [0.1, 0.15) is 75.8 Å². The second-order valence-electron chi connectivity index (χ2n) is 7.87. The summed E-state index contributed by atoms with van der Waals surface area (Å²) in [6, 6.07) is 9.50. The van der Waals surface area contributed by atoms with Crippen molar-refractivity contribution < 1.29 is 4.74 Å². The quantitative estimate of drug-likeness (QED) is 0.690. The Labute approximate surface area is 136 Å². The molecule has 0 radical (unpaired) electrons. The maximum Gasteiger partial charge on any atom is 0.0578 e. The molecule has 0 spiro atoms. The molecule has 1 saturated heterocycles. The minimum Gasteiger partial charge on any atom is -0.378 e. The van der Waals surface area contributed by atoms with Crippen LogP contribution in [0.2, 0.25) is 0 Å². The van der Waals surface area contributed by atoms with Gasteiger partial charge in [-0.05, 0) is 67.4 Å². The summed E-state index contributed by atoms with van der Waals surface area (Å²) in [5.74, 6) is 2.51. The van der Waals surface area contributed by atoms with Crippen LogP contribution in [0.4, 0.5) is 0 Å². The molecule has 1 heteroatoms. The zero-order chi connectivity index (χ0) is 15.4. The number of hydrogen-bond acceptors (Lipinski definition) is 1. The monoisotopic (exact) mass is 300 g/mol. The molecular weight excluding hydrogens is 268 g/mol. The minimum atomic E-state index is 0.496. The molecule has 0 aromatic heterocycles. The SMILES string of the molecule is CC1CCC(c2ccc(CCC3CCC(C)CO3)cc2)CC1. The Balaban J connectivity index is 1.47. The molecule has 2 aliphatic rings. The highest BCUT2D eigenvalue weighted by molar-refractivity contribution is 5.26. The molecule has 1 heterocycles. The van der Waals surface area contributed by atoms with Crippen molar-refractivity contribution >= 4 is 0 Å². The van der Waals surface area contributed by atoms with E-state index in [1.165, 1.54) is 56.9 Å². The topological polar surface area (TPSA) is 9.23 Å². The lowest BCUT2D eigenvalue weighted by molar-refractivity contribution is -0.0147. The Morgan fingerprint density at radius 3 is 2.18 bits per heavy atom. The Bertz CT molecular complexity index is 433. The summed E-state index contributed by atoms with van der Waals surface area (Å²) < 4.78 is 5.94. The molecule has 2 fully saturated rings. The predicted molar refractivity (Wildman–Crippen MR) is 93.3 cm³/mol. The maximum absolute atomic E-state index is 5.94. The Morgan fingerprint density at radius 1 is 0.864 bits per heavy atom. The van der Waals surface area contributed by atoms with E-state index >= 15 is 0 Å². The fraction of sp³-hybridized carbons (Fsp3) is 0.714. The molecule has 1 nitrogen and oxygen atoms in total. The van der Waals surface area contributed by atoms with Crippen LogP contribution >= 0.6 is 0 Å². The van der Waals surface area contributed by atoms with Gasteiger partial charge in [0.05, 0.1) is 6.10 Å². The fourth-order valence-electron chi connectivity index (χ4n) is 4.04. The second-order valence-corrected chi connectivity index (χ2v) is 7.87. The largest absolute Gasteiger partial charge is 0.378 e. The van der Waals surface area contributed by atoms with Crippen molar-refractivity contribution in [3.8, 4) is 0 Å². The zero-order valence-corrected chi connectivity index (χ0v) is 14.4. The molecule has 0 bridgehead atoms. The first-order valence-electron chi connectivity index (χ1n) is 9.41. The molecule has 122 valence electrons. The molecule has 1 aliphatic carbocycles. The summed E-state index contributed by atoms with van der Waals surface area (Å²) in [4.78, 5) is 0. The summed E-state index contributed by atoms with van der Waals surface area (Å²) in [6.45, 7) is 5.65.